The highest BCUT2D eigenvalue weighted by atomic mass is 16.5. The van der Waals surface area contributed by atoms with Crippen LogP contribution in [0.1, 0.15) is 16.1 Å². The number of carboxylic acids is 1. The summed E-state index contributed by atoms with van der Waals surface area (Å²) in [5, 5.41) is 9.73. The van der Waals surface area contributed by atoms with Gasteiger partial charge in [-0.05, 0) is 37.3 Å². The maximum absolute atomic E-state index is 11.2. The van der Waals surface area contributed by atoms with Gasteiger partial charge in [-0.15, -0.1) is 0 Å². The number of aryl methyl sites for hydroxylation is 1. The van der Waals surface area contributed by atoms with Crippen molar-refractivity contribution in [2.24, 2.45) is 0 Å². The second-order valence-corrected chi connectivity index (χ2v) is 4.56. The molecule has 1 aromatic carbocycles. The lowest BCUT2D eigenvalue weighted by molar-refractivity contribution is 0.0699. The summed E-state index contributed by atoms with van der Waals surface area (Å²) in [4.78, 5) is 19.6. The Morgan fingerprint density at radius 2 is 2.00 bits per heavy atom. The molecule has 5 heteroatoms. The summed E-state index contributed by atoms with van der Waals surface area (Å²) in [6.07, 6.45) is 1.62. The van der Waals surface area contributed by atoms with Crippen LogP contribution in [0.5, 0.6) is 11.6 Å². The SMILES string of the molecule is Cc1ccc(Oc2ccc3c(C(=O)O)cccc3n2)cn1. The van der Waals surface area contributed by atoms with Gasteiger partial charge in [0.2, 0.25) is 5.88 Å². The number of rotatable bonds is 3. The molecule has 0 aliphatic carbocycles. The predicted octanol–water partition coefficient (Wildman–Crippen LogP) is 3.43. The van der Waals surface area contributed by atoms with E-state index in [0.717, 1.165) is 5.69 Å². The van der Waals surface area contributed by atoms with E-state index in [1.807, 2.05) is 19.1 Å². The topological polar surface area (TPSA) is 72.3 Å². The molecule has 21 heavy (non-hydrogen) atoms. The highest BCUT2D eigenvalue weighted by molar-refractivity contribution is 6.02. The first-order valence-electron chi connectivity index (χ1n) is 6.37. The smallest absolute Gasteiger partial charge is 0.336 e. The fraction of sp³-hybridized carbons (Fsp3) is 0.0625. The van der Waals surface area contributed by atoms with Gasteiger partial charge in [0.15, 0.2) is 0 Å². The number of carboxylic acid groups (broad SMARTS) is 1. The van der Waals surface area contributed by atoms with Crippen LogP contribution in [-0.4, -0.2) is 21.0 Å². The highest BCUT2D eigenvalue weighted by Crippen LogP contribution is 2.24. The Morgan fingerprint density at radius 3 is 2.71 bits per heavy atom. The van der Waals surface area contributed by atoms with Gasteiger partial charge in [-0.1, -0.05) is 6.07 Å². The molecule has 104 valence electrons. The molecule has 1 N–H and O–H groups in total. The van der Waals surface area contributed by atoms with Crippen molar-refractivity contribution in [1.29, 1.82) is 0 Å². The number of benzene rings is 1. The Labute approximate surface area is 120 Å². The second-order valence-electron chi connectivity index (χ2n) is 4.56. The first-order valence-corrected chi connectivity index (χ1v) is 6.37. The number of carbonyl (C=O) groups is 1. The van der Waals surface area contributed by atoms with E-state index < -0.39 is 5.97 Å². The third-order valence-corrected chi connectivity index (χ3v) is 3.04. The zero-order valence-corrected chi connectivity index (χ0v) is 11.3. The van der Waals surface area contributed by atoms with Crippen LogP contribution in [0, 0.1) is 6.92 Å². The van der Waals surface area contributed by atoms with Crippen molar-refractivity contribution in [2.45, 2.75) is 6.92 Å². The van der Waals surface area contributed by atoms with E-state index in [9.17, 15) is 4.79 Å². The number of fused-ring (bicyclic) bond motifs is 1. The Balaban J connectivity index is 1.98. The average Bonchev–Trinajstić information content (AvgIpc) is 2.48. The minimum atomic E-state index is -0.973. The Morgan fingerprint density at radius 1 is 1.14 bits per heavy atom. The number of aromatic carboxylic acids is 1. The van der Waals surface area contributed by atoms with Crippen molar-refractivity contribution < 1.29 is 14.6 Å². The maximum Gasteiger partial charge on any atom is 0.336 e. The summed E-state index contributed by atoms with van der Waals surface area (Å²) < 4.78 is 5.62. The molecule has 5 nitrogen and oxygen atoms in total. The zero-order chi connectivity index (χ0) is 14.8. The fourth-order valence-electron chi connectivity index (χ4n) is 2.01. The largest absolute Gasteiger partial charge is 0.478 e. The predicted molar refractivity (Wildman–Crippen MR) is 77.8 cm³/mol. The van der Waals surface area contributed by atoms with Gasteiger partial charge in [0.1, 0.15) is 5.75 Å². The van der Waals surface area contributed by atoms with E-state index in [-0.39, 0.29) is 5.56 Å². The highest BCUT2D eigenvalue weighted by Gasteiger charge is 2.09. The Hall–Kier alpha value is -2.95. The molecule has 0 fully saturated rings. The van der Waals surface area contributed by atoms with Gasteiger partial charge in [-0.2, -0.15) is 0 Å². The van der Waals surface area contributed by atoms with Crippen LogP contribution in [0.4, 0.5) is 0 Å². The minimum absolute atomic E-state index is 0.226. The molecule has 0 amide bonds. The molecule has 3 aromatic rings. The summed E-state index contributed by atoms with van der Waals surface area (Å²) in [7, 11) is 0. The molecule has 0 bridgehead atoms. The maximum atomic E-state index is 11.2. The molecule has 0 saturated heterocycles. The van der Waals surface area contributed by atoms with Crippen molar-refractivity contribution in [1.82, 2.24) is 9.97 Å². The molecule has 0 aliphatic heterocycles. The van der Waals surface area contributed by atoms with Crippen LogP contribution in [0.3, 0.4) is 0 Å². The quantitative estimate of drug-likeness (QED) is 0.795. The number of nitrogens with zero attached hydrogens (tertiary/aromatic N) is 2. The van der Waals surface area contributed by atoms with Crippen LogP contribution in [0.2, 0.25) is 0 Å². The fourth-order valence-corrected chi connectivity index (χ4v) is 2.01. The molecule has 0 aliphatic rings. The Kier molecular flexibility index (Phi) is 3.23. The van der Waals surface area contributed by atoms with E-state index in [4.69, 9.17) is 9.84 Å². The molecule has 0 saturated carbocycles. The first kappa shape index (κ1) is 13.1. The van der Waals surface area contributed by atoms with Gasteiger partial charge in [0, 0.05) is 17.1 Å². The molecular weight excluding hydrogens is 268 g/mol. The Bertz CT molecular complexity index is 813. The van der Waals surface area contributed by atoms with Crippen molar-refractivity contribution in [3.05, 3.63) is 59.9 Å². The average molecular weight is 280 g/mol. The molecule has 0 unspecified atom stereocenters. The van der Waals surface area contributed by atoms with Crippen LogP contribution in [0.15, 0.2) is 48.7 Å². The number of pyridine rings is 2. The van der Waals surface area contributed by atoms with E-state index in [0.29, 0.717) is 22.5 Å². The summed E-state index contributed by atoms with van der Waals surface area (Å²) in [5.74, 6) is 0.0105. The normalized spacial score (nSPS) is 10.5. The van der Waals surface area contributed by atoms with Gasteiger partial charge < -0.3 is 9.84 Å². The van der Waals surface area contributed by atoms with E-state index in [1.54, 1.807) is 36.5 Å². The lowest BCUT2D eigenvalue weighted by Gasteiger charge is -2.07. The number of aromatic nitrogens is 2. The molecule has 2 heterocycles. The number of hydrogen-bond acceptors (Lipinski definition) is 4. The van der Waals surface area contributed by atoms with Gasteiger partial charge >= 0.3 is 5.97 Å². The summed E-state index contributed by atoms with van der Waals surface area (Å²) in [5.41, 5.74) is 1.70. The van der Waals surface area contributed by atoms with Crippen LogP contribution < -0.4 is 4.74 Å². The van der Waals surface area contributed by atoms with E-state index in [2.05, 4.69) is 9.97 Å². The molecule has 0 spiro atoms. The minimum Gasteiger partial charge on any atom is -0.478 e. The van der Waals surface area contributed by atoms with Gasteiger partial charge in [-0.25, -0.2) is 9.78 Å². The van der Waals surface area contributed by atoms with Crippen molar-refractivity contribution >= 4 is 16.9 Å². The zero-order valence-electron chi connectivity index (χ0n) is 11.3. The van der Waals surface area contributed by atoms with Crippen LogP contribution in [-0.2, 0) is 0 Å². The number of ether oxygens (including phenoxy) is 1. The van der Waals surface area contributed by atoms with Gasteiger partial charge in [0.25, 0.3) is 0 Å². The third-order valence-electron chi connectivity index (χ3n) is 3.04. The van der Waals surface area contributed by atoms with Crippen molar-refractivity contribution in [2.75, 3.05) is 0 Å². The standard InChI is InChI=1S/C16H12N2O3/c1-10-5-6-11(9-17-10)21-15-8-7-12-13(16(19)20)3-2-4-14(12)18-15/h2-9H,1H3,(H,19,20). The third kappa shape index (κ3) is 2.67. The summed E-state index contributed by atoms with van der Waals surface area (Å²) in [6.45, 7) is 1.89. The van der Waals surface area contributed by atoms with Crippen molar-refractivity contribution in [3.8, 4) is 11.6 Å². The van der Waals surface area contributed by atoms with Crippen LogP contribution in [0.25, 0.3) is 10.9 Å². The van der Waals surface area contributed by atoms with Crippen LogP contribution >= 0.6 is 0 Å². The van der Waals surface area contributed by atoms with Gasteiger partial charge in [-0.3, -0.25) is 4.98 Å². The second kappa shape index (κ2) is 5.20. The summed E-state index contributed by atoms with van der Waals surface area (Å²) >= 11 is 0. The lowest BCUT2D eigenvalue weighted by Crippen LogP contribution is -1.98. The molecule has 2 aromatic heterocycles. The monoisotopic (exact) mass is 280 g/mol. The van der Waals surface area contributed by atoms with Gasteiger partial charge in [0.05, 0.1) is 17.3 Å². The van der Waals surface area contributed by atoms with Crippen molar-refractivity contribution in [3.63, 3.8) is 0 Å². The first-order chi connectivity index (χ1) is 10.1. The van der Waals surface area contributed by atoms with E-state index in [1.165, 1.54) is 0 Å². The molecule has 0 radical (unpaired) electrons. The summed E-state index contributed by atoms with van der Waals surface area (Å²) in [6, 6.07) is 12.0. The van der Waals surface area contributed by atoms with E-state index >= 15 is 0 Å². The number of hydrogen-bond donors (Lipinski definition) is 1. The molecule has 3 rings (SSSR count). The lowest BCUT2D eigenvalue weighted by atomic mass is 10.1. The molecule has 0 atom stereocenters. The molecular formula is C16H12N2O3.